The van der Waals surface area contributed by atoms with Crippen molar-refractivity contribution in [3.05, 3.63) is 17.0 Å². The smallest absolute Gasteiger partial charge is 0.137 e. The number of rotatable bonds is 2. The van der Waals surface area contributed by atoms with Crippen molar-refractivity contribution in [3.8, 4) is 0 Å². The van der Waals surface area contributed by atoms with Crippen LogP contribution in [0.15, 0.2) is 4.52 Å². The number of hydrogen-bond donors (Lipinski definition) is 0. The molecule has 0 aliphatic rings. The molecular weight excluding hydrogens is 166 g/mol. The predicted molar refractivity (Wildman–Crippen MR) is 50.7 cm³/mol. The minimum atomic E-state index is 0.0674. The molecule has 0 spiro atoms. The van der Waals surface area contributed by atoms with Gasteiger partial charge in [-0.15, -0.1) is 0 Å². The molecule has 0 bridgehead atoms. The van der Waals surface area contributed by atoms with Crippen molar-refractivity contribution in [2.45, 2.75) is 39.7 Å². The average Bonchev–Trinajstić information content (AvgIpc) is 2.31. The Labute approximate surface area is 79.1 Å². The molecule has 74 valence electrons. The summed E-state index contributed by atoms with van der Waals surface area (Å²) >= 11 is 0. The summed E-state index contributed by atoms with van der Waals surface area (Å²) in [7, 11) is 1.66. The minimum absolute atomic E-state index is 0.0674. The standard InChI is InChI=1S/C10H17NO2/c1-7-9(10(2,3)4)8(6-12-5)11-13-7/h6H2,1-5H3. The van der Waals surface area contributed by atoms with Gasteiger partial charge >= 0.3 is 0 Å². The number of nitrogens with zero attached hydrogens (tertiary/aromatic N) is 1. The van der Waals surface area contributed by atoms with Gasteiger partial charge in [-0.3, -0.25) is 0 Å². The summed E-state index contributed by atoms with van der Waals surface area (Å²) in [6.07, 6.45) is 0. The lowest BCUT2D eigenvalue weighted by molar-refractivity contribution is 0.176. The molecule has 3 nitrogen and oxygen atoms in total. The molecule has 1 aromatic rings. The third kappa shape index (κ3) is 2.10. The molecule has 0 saturated heterocycles. The third-order valence-corrected chi connectivity index (χ3v) is 1.96. The second kappa shape index (κ2) is 3.50. The maximum atomic E-state index is 5.14. The van der Waals surface area contributed by atoms with E-state index in [1.54, 1.807) is 7.11 Å². The molecule has 1 rings (SSSR count). The summed E-state index contributed by atoms with van der Waals surface area (Å²) in [5.74, 6) is 0.888. The van der Waals surface area contributed by atoms with E-state index in [1.165, 1.54) is 0 Å². The van der Waals surface area contributed by atoms with E-state index in [0.717, 1.165) is 17.0 Å². The molecule has 0 N–H and O–H groups in total. The number of aryl methyl sites for hydroxylation is 1. The Morgan fingerprint density at radius 2 is 2.00 bits per heavy atom. The topological polar surface area (TPSA) is 35.3 Å². The van der Waals surface area contributed by atoms with Crippen LogP contribution in [-0.4, -0.2) is 12.3 Å². The van der Waals surface area contributed by atoms with Crippen LogP contribution in [0.1, 0.15) is 37.8 Å². The summed E-state index contributed by atoms with van der Waals surface area (Å²) in [6.45, 7) is 8.89. The average molecular weight is 183 g/mol. The second-order valence-corrected chi connectivity index (χ2v) is 4.24. The molecule has 0 saturated carbocycles. The van der Waals surface area contributed by atoms with Crippen LogP contribution in [0.3, 0.4) is 0 Å². The van der Waals surface area contributed by atoms with Gasteiger partial charge in [-0.25, -0.2) is 0 Å². The van der Waals surface area contributed by atoms with Crippen LogP contribution in [0.2, 0.25) is 0 Å². The van der Waals surface area contributed by atoms with Crippen LogP contribution in [0.4, 0.5) is 0 Å². The summed E-state index contributed by atoms with van der Waals surface area (Å²) < 4.78 is 10.2. The predicted octanol–water partition coefficient (Wildman–Crippen LogP) is 2.43. The maximum absolute atomic E-state index is 5.14. The summed E-state index contributed by atoms with van der Waals surface area (Å²) in [4.78, 5) is 0. The molecule has 0 aromatic carbocycles. The van der Waals surface area contributed by atoms with Crippen molar-refractivity contribution in [3.63, 3.8) is 0 Å². The highest BCUT2D eigenvalue weighted by Crippen LogP contribution is 2.28. The van der Waals surface area contributed by atoms with Gasteiger partial charge in [0.25, 0.3) is 0 Å². The van der Waals surface area contributed by atoms with Crippen LogP contribution in [-0.2, 0) is 16.8 Å². The van der Waals surface area contributed by atoms with E-state index < -0.39 is 0 Å². The van der Waals surface area contributed by atoms with Crippen LogP contribution >= 0.6 is 0 Å². The summed E-state index contributed by atoms with van der Waals surface area (Å²) in [5.41, 5.74) is 2.14. The Hall–Kier alpha value is -0.830. The molecule has 1 heterocycles. The lowest BCUT2D eigenvalue weighted by Crippen LogP contribution is -2.14. The Morgan fingerprint density at radius 1 is 1.38 bits per heavy atom. The van der Waals surface area contributed by atoms with Crippen molar-refractivity contribution in [1.82, 2.24) is 5.16 Å². The first-order chi connectivity index (χ1) is 5.96. The molecule has 0 unspecified atom stereocenters. The molecule has 0 fully saturated rings. The van der Waals surface area contributed by atoms with E-state index >= 15 is 0 Å². The van der Waals surface area contributed by atoms with Crippen molar-refractivity contribution >= 4 is 0 Å². The first-order valence-electron chi connectivity index (χ1n) is 4.41. The minimum Gasteiger partial charge on any atom is -0.378 e. The lowest BCUT2D eigenvalue weighted by atomic mass is 9.85. The Balaban J connectivity index is 3.09. The largest absolute Gasteiger partial charge is 0.378 e. The molecule has 0 atom stereocenters. The van der Waals surface area contributed by atoms with Gasteiger partial charge in [0.15, 0.2) is 0 Å². The van der Waals surface area contributed by atoms with Gasteiger partial charge in [0.05, 0.1) is 6.61 Å². The van der Waals surface area contributed by atoms with Gasteiger partial charge in [-0.1, -0.05) is 25.9 Å². The molecule has 1 aromatic heterocycles. The van der Waals surface area contributed by atoms with E-state index in [2.05, 4.69) is 25.9 Å². The molecule has 0 aliphatic heterocycles. The zero-order chi connectivity index (χ0) is 10.1. The highest BCUT2D eigenvalue weighted by Gasteiger charge is 2.24. The summed E-state index contributed by atoms with van der Waals surface area (Å²) in [5, 5.41) is 3.97. The van der Waals surface area contributed by atoms with Crippen LogP contribution in [0.25, 0.3) is 0 Å². The van der Waals surface area contributed by atoms with E-state index in [1.807, 2.05) is 6.92 Å². The van der Waals surface area contributed by atoms with Gasteiger partial charge in [0.1, 0.15) is 11.5 Å². The number of methoxy groups -OCH3 is 1. The third-order valence-electron chi connectivity index (χ3n) is 1.96. The quantitative estimate of drug-likeness (QED) is 0.706. The maximum Gasteiger partial charge on any atom is 0.137 e. The zero-order valence-corrected chi connectivity index (χ0v) is 8.97. The van der Waals surface area contributed by atoms with E-state index in [9.17, 15) is 0 Å². The highest BCUT2D eigenvalue weighted by atomic mass is 16.5. The van der Waals surface area contributed by atoms with Crippen molar-refractivity contribution in [2.24, 2.45) is 0 Å². The summed E-state index contributed by atoms with van der Waals surface area (Å²) in [6, 6.07) is 0. The van der Waals surface area contributed by atoms with Gasteiger partial charge in [-0.2, -0.15) is 0 Å². The Bertz CT molecular complexity index is 284. The molecule has 0 radical (unpaired) electrons. The fourth-order valence-corrected chi connectivity index (χ4v) is 1.61. The number of ether oxygens (including phenoxy) is 1. The molecule has 13 heavy (non-hydrogen) atoms. The SMILES string of the molecule is COCc1noc(C)c1C(C)(C)C. The van der Waals surface area contributed by atoms with Crippen molar-refractivity contribution < 1.29 is 9.26 Å². The second-order valence-electron chi connectivity index (χ2n) is 4.24. The first kappa shape index (κ1) is 10.3. The van der Waals surface area contributed by atoms with Crippen LogP contribution in [0.5, 0.6) is 0 Å². The fraction of sp³-hybridized carbons (Fsp3) is 0.700. The van der Waals surface area contributed by atoms with Gasteiger partial charge < -0.3 is 9.26 Å². The Kier molecular flexibility index (Phi) is 2.76. The fourth-order valence-electron chi connectivity index (χ4n) is 1.61. The van der Waals surface area contributed by atoms with Crippen molar-refractivity contribution in [1.29, 1.82) is 0 Å². The molecule has 3 heteroatoms. The van der Waals surface area contributed by atoms with E-state index in [4.69, 9.17) is 9.26 Å². The van der Waals surface area contributed by atoms with Crippen LogP contribution < -0.4 is 0 Å². The van der Waals surface area contributed by atoms with Crippen LogP contribution in [0, 0.1) is 6.92 Å². The first-order valence-corrected chi connectivity index (χ1v) is 4.41. The van der Waals surface area contributed by atoms with E-state index in [0.29, 0.717) is 6.61 Å². The van der Waals surface area contributed by atoms with Gasteiger partial charge in [-0.05, 0) is 12.3 Å². The zero-order valence-electron chi connectivity index (χ0n) is 8.97. The van der Waals surface area contributed by atoms with Gasteiger partial charge in [0.2, 0.25) is 0 Å². The van der Waals surface area contributed by atoms with Crippen molar-refractivity contribution in [2.75, 3.05) is 7.11 Å². The number of hydrogen-bond acceptors (Lipinski definition) is 3. The highest BCUT2D eigenvalue weighted by molar-refractivity contribution is 5.29. The van der Waals surface area contributed by atoms with E-state index in [-0.39, 0.29) is 5.41 Å². The Morgan fingerprint density at radius 3 is 2.46 bits per heavy atom. The number of aromatic nitrogens is 1. The van der Waals surface area contributed by atoms with Gasteiger partial charge in [0, 0.05) is 12.7 Å². The molecule has 0 aliphatic carbocycles. The molecular formula is C10H17NO2. The lowest BCUT2D eigenvalue weighted by Gasteiger charge is -2.18. The molecule has 0 amide bonds. The normalized spacial score (nSPS) is 12.1. The monoisotopic (exact) mass is 183 g/mol.